The van der Waals surface area contributed by atoms with E-state index in [9.17, 15) is 18.0 Å². The lowest BCUT2D eigenvalue weighted by Gasteiger charge is -2.11. The number of alkyl halides is 3. The van der Waals surface area contributed by atoms with Crippen LogP contribution in [0.1, 0.15) is 24.0 Å². The molecule has 134 valence electrons. The van der Waals surface area contributed by atoms with Gasteiger partial charge < -0.3 is 10.1 Å². The summed E-state index contributed by atoms with van der Waals surface area (Å²) >= 11 is 5.85. The minimum absolute atomic E-state index is 0.0362. The number of carbonyl (C=O) groups excluding carboxylic acids is 1. The van der Waals surface area contributed by atoms with Gasteiger partial charge in [-0.3, -0.25) is 4.79 Å². The Kier molecular flexibility index (Phi) is 6.31. The van der Waals surface area contributed by atoms with Gasteiger partial charge in [0.2, 0.25) is 5.91 Å². The minimum atomic E-state index is -4.49. The smallest absolute Gasteiger partial charge is 0.416 e. The first-order chi connectivity index (χ1) is 11.8. The molecule has 0 atom stereocenters. The highest BCUT2D eigenvalue weighted by molar-refractivity contribution is 6.33. The van der Waals surface area contributed by atoms with Gasteiger partial charge in [0.15, 0.2) is 0 Å². The Hall–Kier alpha value is -2.21. The number of hydrogen-bond donors (Lipinski definition) is 1. The molecule has 0 aliphatic carbocycles. The van der Waals surface area contributed by atoms with Crippen LogP contribution >= 0.6 is 11.6 Å². The molecule has 1 amide bonds. The summed E-state index contributed by atoms with van der Waals surface area (Å²) in [6.07, 6.45) is -3.07. The van der Waals surface area contributed by atoms with E-state index in [2.05, 4.69) is 5.32 Å². The second-order valence-electron chi connectivity index (χ2n) is 5.44. The summed E-state index contributed by atoms with van der Waals surface area (Å²) in [5.74, 6) is 0.371. The average Bonchev–Trinajstić information content (AvgIpc) is 2.56. The van der Waals surface area contributed by atoms with E-state index in [1.807, 2.05) is 24.3 Å². The van der Waals surface area contributed by atoms with Crippen LogP contribution in [0.25, 0.3) is 0 Å². The number of aryl methyl sites for hydroxylation is 1. The lowest BCUT2D eigenvalue weighted by molar-refractivity contribution is -0.137. The third-order valence-electron chi connectivity index (χ3n) is 3.60. The molecular weight excluding hydrogens is 355 g/mol. The zero-order valence-corrected chi connectivity index (χ0v) is 14.2. The Morgan fingerprint density at radius 1 is 1.16 bits per heavy atom. The maximum Gasteiger partial charge on any atom is 0.416 e. The van der Waals surface area contributed by atoms with Crippen molar-refractivity contribution in [2.45, 2.75) is 25.4 Å². The molecule has 0 saturated heterocycles. The molecule has 1 N–H and O–H groups in total. The first kappa shape index (κ1) is 19.1. The molecule has 0 bridgehead atoms. The molecule has 0 aliphatic heterocycles. The van der Waals surface area contributed by atoms with Crippen molar-refractivity contribution < 1.29 is 22.7 Å². The molecule has 25 heavy (non-hydrogen) atoms. The van der Waals surface area contributed by atoms with Gasteiger partial charge in [0.05, 0.1) is 23.4 Å². The largest absolute Gasteiger partial charge is 0.497 e. The Bertz CT molecular complexity index is 730. The number of amides is 1. The summed E-state index contributed by atoms with van der Waals surface area (Å²) in [4.78, 5) is 11.9. The van der Waals surface area contributed by atoms with Gasteiger partial charge in [-0.1, -0.05) is 23.7 Å². The van der Waals surface area contributed by atoms with Crippen molar-refractivity contribution in [1.82, 2.24) is 0 Å². The molecule has 0 saturated carbocycles. The van der Waals surface area contributed by atoms with E-state index in [0.717, 1.165) is 29.5 Å². The fraction of sp³-hybridized carbons (Fsp3) is 0.278. The molecular formula is C18H17ClF3NO2. The van der Waals surface area contributed by atoms with Crippen molar-refractivity contribution in [1.29, 1.82) is 0 Å². The second kappa shape index (κ2) is 8.25. The van der Waals surface area contributed by atoms with E-state index < -0.39 is 11.7 Å². The zero-order chi connectivity index (χ0) is 18.4. The second-order valence-corrected chi connectivity index (χ2v) is 5.85. The summed E-state index contributed by atoms with van der Waals surface area (Å²) in [6.45, 7) is 0. The molecule has 0 fully saturated rings. The van der Waals surface area contributed by atoms with Crippen molar-refractivity contribution in [3.63, 3.8) is 0 Å². The summed E-state index contributed by atoms with van der Waals surface area (Å²) < 4.78 is 43.2. The third kappa shape index (κ3) is 5.67. The highest BCUT2D eigenvalue weighted by atomic mass is 35.5. The number of halogens is 4. The SMILES string of the molecule is COc1ccc(CCCC(=O)Nc2cc(C(F)(F)F)ccc2Cl)cc1. The zero-order valence-electron chi connectivity index (χ0n) is 13.5. The molecule has 0 aliphatic rings. The van der Waals surface area contributed by atoms with Gasteiger partial charge in [0.25, 0.3) is 0 Å². The van der Waals surface area contributed by atoms with Crippen molar-refractivity contribution >= 4 is 23.2 Å². The third-order valence-corrected chi connectivity index (χ3v) is 3.93. The topological polar surface area (TPSA) is 38.3 Å². The predicted octanol–water partition coefficient (Wildman–Crippen LogP) is 5.33. The van der Waals surface area contributed by atoms with Gasteiger partial charge >= 0.3 is 6.18 Å². The molecule has 2 rings (SSSR count). The molecule has 0 unspecified atom stereocenters. The van der Waals surface area contributed by atoms with Crippen molar-refractivity contribution in [3.8, 4) is 5.75 Å². The Morgan fingerprint density at radius 3 is 2.44 bits per heavy atom. The van der Waals surface area contributed by atoms with Crippen LogP contribution in [-0.2, 0) is 17.4 Å². The van der Waals surface area contributed by atoms with E-state index >= 15 is 0 Å². The summed E-state index contributed by atoms with van der Waals surface area (Å²) in [7, 11) is 1.58. The Morgan fingerprint density at radius 2 is 1.84 bits per heavy atom. The van der Waals surface area contributed by atoms with E-state index in [0.29, 0.717) is 12.8 Å². The minimum Gasteiger partial charge on any atom is -0.497 e. The Balaban J connectivity index is 1.89. The average molecular weight is 372 g/mol. The van der Waals surface area contributed by atoms with Crippen LogP contribution in [0.3, 0.4) is 0 Å². The number of methoxy groups -OCH3 is 1. The van der Waals surface area contributed by atoms with Crippen LogP contribution in [-0.4, -0.2) is 13.0 Å². The van der Waals surface area contributed by atoms with Crippen molar-refractivity contribution in [2.24, 2.45) is 0 Å². The number of rotatable bonds is 6. The Labute approximate surface area is 148 Å². The van der Waals surface area contributed by atoms with E-state index in [4.69, 9.17) is 16.3 Å². The van der Waals surface area contributed by atoms with Crippen molar-refractivity contribution in [2.75, 3.05) is 12.4 Å². The molecule has 0 aromatic heterocycles. The highest BCUT2D eigenvalue weighted by Gasteiger charge is 2.31. The number of ether oxygens (including phenoxy) is 1. The lowest BCUT2D eigenvalue weighted by Crippen LogP contribution is -2.13. The van der Waals surface area contributed by atoms with Gasteiger partial charge in [-0.2, -0.15) is 13.2 Å². The first-order valence-electron chi connectivity index (χ1n) is 7.59. The van der Waals surface area contributed by atoms with Gasteiger partial charge in [-0.25, -0.2) is 0 Å². The maximum absolute atomic E-state index is 12.7. The maximum atomic E-state index is 12.7. The van der Waals surface area contributed by atoms with Crippen LogP contribution in [0.15, 0.2) is 42.5 Å². The number of carbonyl (C=O) groups is 1. The fourth-order valence-electron chi connectivity index (χ4n) is 2.26. The normalized spacial score (nSPS) is 11.2. The van der Waals surface area contributed by atoms with Crippen LogP contribution < -0.4 is 10.1 Å². The van der Waals surface area contributed by atoms with Gasteiger partial charge in [0.1, 0.15) is 5.75 Å². The fourth-order valence-corrected chi connectivity index (χ4v) is 2.42. The van der Waals surface area contributed by atoms with Gasteiger partial charge in [-0.05, 0) is 48.7 Å². The van der Waals surface area contributed by atoms with E-state index in [1.54, 1.807) is 7.11 Å². The number of hydrogen-bond acceptors (Lipinski definition) is 2. The molecule has 0 radical (unpaired) electrons. The highest BCUT2D eigenvalue weighted by Crippen LogP contribution is 2.33. The van der Waals surface area contributed by atoms with Crippen molar-refractivity contribution in [3.05, 3.63) is 58.6 Å². The summed E-state index contributed by atoms with van der Waals surface area (Å²) in [5, 5.41) is 2.50. The standard InChI is InChI=1S/C18H17ClF3NO2/c1-25-14-8-5-12(6-9-14)3-2-4-17(24)23-16-11-13(18(20,21)22)7-10-15(16)19/h5-11H,2-4H2,1H3,(H,23,24). The van der Waals surface area contributed by atoms with Gasteiger partial charge in [-0.15, -0.1) is 0 Å². The number of benzene rings is 2. The molecule has 7 heteroatoms. The molecule has 2 aromatic rings. The first-order valence-corrected chi connectivity index (χ1v) is 7.97. The summed E-state index contributed by atoms with van der Waals surface area (Å²) in [5.41, 5.74) is 0.155. The van der Waals surface area contributed by atoms with Gasteiger partial charge in [0, 0.05) is 6.42 Å². The monoisotopic (exact) mass is 371 g/mol. The molecule has 0 heterocycles. The van der Waals surface area contributed by atoms with E-state index in [-0.39, 0.29) is 23.0 Å². The quantitative estimate of drug-likeness (QED) is 0.745. The van der Waals surface area contributed by atoms with Crippen LogP contribution in [0.4, 0.5) is 18.9 Å². The lowest BCUT2D eigenvalue weighted by atomic mass is 10.1. The molecule has 2 aromatic carbocycles. The van der Waals surface area contributed by atoms with Crippen LogP contribution in [0, 0.1) is 0 Å². The summed E-state index contributed by atoms with van der Waals surface area (Å²) in [6, 6.07) is 10.3. The van der Waals surface area contributed by atoms with Crippen LogP contribution in [0.2, 0.25) is 5.02 Å². The van der Waals surface area contributed by atoms with E-state index in [1.165, 1.54) is 0 Å². The predicted molar refractivity (Wildman–Crippen MR) is 91.0 cm³/mol. The molecule has 3 nitrogen and oxygen atoms in total. The number of nitrogens with one attached hydrogen (secondary N) is 1. The number of anilines is 1. The van der Waals surface area contributed by atoms with Crippen LogP contribution in [0.5, 0.6) is 5.75 Å². The molecule has 0 spiro atoms.